The Morgan fingerprint density at radius 2 is 1.74 bits per heavy atom. The van der Waals surface area contributed by atoms with Crippen LogP contribution in [0.1, 0.15) is 41.0 Å². The van der Waals surface area contributed by atoms with E-state index >= 15 is 0 Å². The van der Waals surface area contributed by atoms with Gasteiger partial charge in [0.25, 0.3) is 11.8 Å². The van der Waals surface area contributed by atoms with E-state index in [1.54, 1.807) is 36.5 Å². The van der Waals surface area contributed by atoms with Crippen LogP contribution < -0.4 is 10.2 Å². The van der Waals surface area contributed by atoms with E-state index in [0.717, 1.165) is 23.8 Å². The van der Waals surface area contributed by atoms with Crippen LogP contribution in [0.5, 0.6) is 0 Å². The highest BCUT2D eigenvalue weighted by atomic mass is 16.5. The summed E-state index contributed by atoms with van der Waals surface area (Å²) < 4.78 is 5.36. The van der Waals surface area contributed by atoms with Crippen LogP contribution in [0.2, 0.25) is 0 Å². The molecule has 8 heteroatoms. The molecule has 1 saturated heterocycles. The van der Waals surface area contributed by atoms with Gasteiger partial charge in [-0.2, -0.15) is 0 Å². The van der Waals surface area contributed by atoms with Crippen molar-refractivity contribution in [3.05, 3.63) is 53.7 Å². The second-order valence-electron chi connectivity index (χ2n) is 7.85. The molecule has 3 heterocycles. The first-order valence-electron chi connectivity index (χ1n) is 10.6. The number of amides is 3. The lowest BCUT2D eigenvalue weighted by atomic mass is 9.96. The highest BCUT2D eigenvalue weighted by Gasteiger charge is 2.44. The summed E-state index contributed by atoms with van der Waals surface area (Å²) in [6.07, 6.45) is 2.23. The maximum Gasteiger partial charge on any atom is 0.262 e. The number of fused-ring (bicyclic) bond motifs is 1. The van der Waals surface area contributed by atoms with Gasteiger partial charge in [0.1, 0.15) is 11.9 Å². The van der Waals surface area contributed by atoms with Crippen molar-refractivity contribution in [1.29, 1.82) is 0 Å². The van der Waals surface area contributed by atoms with Crippen LogP contribution in [0.15, 0.2) is 42.6 Å². The third-order valence-electron chi connectivity index (χ3n) is 5.91. The SMILES string of the molecule is CC[C@@H](C)[C@H](C(=O)Nc1ccc(N2CCOCC2)nc1)N1C(=O)c2ccccc2C1=O. The fraction of sp³-hybridized carbons (Fsp3) is 0.391. The van der Waals surface area contributed by atoms with E-state index in [9.17, 15) is 14.4 Å². The number of imide groups is 1. The van der Waals surface area contributed by atoms with Crippen LogP contribution in [0.4, 0.5) is 11.5 Å². The van der Waals surface area contributed by atoms with Gasteiger partial charge in [0.2, 0.25) is 5.91 Å². The van der Waals surface area contributed by atoms with Crippen molar-refractivity contribution < 1.29 is 19.1 Å². The summed E-state index contributed by atoms with van der Waals surface area (Å²) in [7, 11) is 0. The number of ether oxygens (including phenoxy) is 1. The van der Waals surface area contributed by atoms with Gasteiger partial charge < -0.3 is 15.0 Å². The van der Waals surface area contributed by atoms with Crippen molar-refractivity contribution >= 4 is 29.2 Å². The van der Waals surface area contributed by atoms with Crippen molar-refractivity contribution in [3.63, 3.8) is 0 Å². The minimum absolute atomic E-state index is 0.206. The second kappa shape index (κ2) is 8.85. The Balaban J connectivity index is 1.53. The molecule has 0 bridgehead atoms. The van der Waals surface area contributed by atoms with Crippen molar-refractivity contribution in [2.75, 3.05) is 36.5 Å². The lowest BCUT2D eigenvalue weighted by molar-refractivity contribution is -0.121. The number of carbonyl (C=O) groups excluding carboxylic acids is 3. The Labute approximate surface area is 181 Å². The van der Waals surface area contributed by atoms with Gasteiger partial charge in [-0.1, -0.05) is 32.4 Å². The number of hydrogen-bond acceptors (Lipinski definition) is 6. The Morgan fingerprint density at radius 3 is 2.29 bits per heavy atom. The summed E-state index contributed by atoms with van der Waals surface area (Å²) in [5.41, 5.74) is 1.20. The van der Waals surface area contributed by atoms with Gasteiger partial charge in [0.05, 0.1) is 36.2 Å². The first kappa shape index (κ1) is 21.0. The third kappa shape index (κ3) is 4.03. The maximum atomic E-state index is 13.2. The predicted molar refractivity (Wildman–Crippen MR) is 116 cm³/mol. The number of benzene rings is 1. The fourth-order valence-electron chi connectivity index (χ4n) is 3.97. The molecule has 0 radical (unpaired) electrons. The van der Waals surface area contributed by atoms with E-state index < -0.39 is 23.8 Å². The summed E-state index contributed by atoms with van der Waals surface area (Å²) in [4.78, 5) is 46.8. The number of pyridine rings is 1. The third-order valence-corrected chi connectivity index (χ3v) is 5.91. The van der Waals surface area contributed by atoms with Crippen molar-refractivity contribution in [1.82, 2.24) is 9.88 Å². The number of morpholine rings is 1. The van der Waals surface area contributed by atoms with Crippen molar-refractivity contribution in [3.8, 4) is 0 Å². The molecule has 2 atom stereocenters. The van der Waals surface area contributed by atoms with Gasteiger partial charge in [0.15, 0.2) is 0 Å². The number of nitrogens with one attached hydrogen (secondary N) is 1. The molecule has 1 fully saturated rings. The Hall–Kier alpha value is -3.26. The van der Waals surface area contributed by atoms with Gasteiger partial charge >= 0.3 is 0 Å². The van der Waals surface area contributed by atoms with Gasteiger partial charge in [-0.25, -0.2) is 4.98 Å². The van der Waals surface area contributed by atoms with Gasteiger partial charge in [-0.3, -0.25) is 19.3 Å². The van der Waals surface area contributed by atoms with E-state index in [2.05, 4.69) is 15.2 Å². The normalized spacial score (nSPS) is 18.0. The minimum atomic E-state index is -0.906. The molecule has 0 aliphatic carbocycles. The standard InChI is InChI=1S/C23H26N4O4/c1-3-15(2)20(27-22(29)17-6-4-5-7-18(17)23(27)30)21(28)25-16-8-9-19(24-14-16)26-10-12-31-13-11-26/h4-9,14-15,20H,3,10-13H2,1-2H3,(H,25,28)/t15-,20-/m1/s1. The number of aromatic nitrogens is 1. The molecule has 2 aliphatic heterocycles. The Kier molecular flexibility index (Phi) is 5.99. The molecule has 31 heavy (non-hydrogen) atoms. The van der Waals surface area contributed by atoms with Crippen LogP contribution in [0, 0.1) is 5.92 Å². The first-order valence-corrected chi connectivity index (χ1v) is 10.6. The van der Waals surface area contributed by atoms with E-state index in [4.69, 9.17) is 4.74 Å². The Morgan fingerprint density at radius 1 is 1.10 bits per heavy atom. The highest BCUT2D eigenvalue weighted by molar-refractivity contribution is 6.23. The van der Waals surface area contributed by atoms with Crippen LogP contribution in [-0.4, -0.2) is 60.0 Å². The average molecular weight is 422 g/mol. The summed E-state index contributed by atoms with van der Waals surface area (Å²) >= 11 is 0. The smallest absolute Gasteiger partial charge is 0.262 e. The Bertz CT molecular complexity index is 950. The maximum absolute atomic E-state index is 13.2. The number of carbonyl (C=O) groups is 3. The molecule has 2 aromatic rings. The molecule has 1 N–H and O–H groups in total. The molecule has 0 unspecified atom stereocenters. The number of hydrogen-bond donors (Lipinski definition) is 1. The molecule has 0 spiro atoms. The molecule has 2 aliphatic rings. The molecular formula is C23H26N4O4. The zero-order valence-corrected chi connectivity index (χ0v) is 17.7. The van der Waals surface area contributed by atoms with Crippen molar-refractivity contribution in [2.45, 2.75) is 26.3 Å². The lowest BCUT2D eigenvalue weighted by Crippen LogP contribution is -2.50. The zero-order valence-electron chi connectivity index (χ0n) is 17.7. The molecular weight excluding hydrogens is 396 g/mol. The molecule has 1 aromatic heterocycles. The van der Waals surface area contributed by atoms with E-state index in [0.29, 0.717) is 36.4 Å². The van der Waals surface area contributed by atoms with Crippen LogP contribution in [0.3, 0.4) is 0 Å². The summed E-state index contributed by atoms with van der Waals surface area (Å²) in [5.74, 6) is -0.642. The number of anilines is 2. The van der Waals surface area contributed by atoms with Gasteiger partial charge in [0, 0.05) is 13.1 Å². The molecule has 3 amide bonds. The summed E-state index contributed by atoms with van der Waals surface area (Å²) in [6, 6.07) is 9.40. The number of nitrogens with zero attached hydrogens (tertiary/aromatic N) is 3. The minimum Gasteiger partial charge on any atom is -0.378 e. The predicted octanol–water partition coefficient (Wildman–Crippen LogP) is 2.57. The topological polar surface area (TPSA) is 91.8 Å². The lowest BCUT2D eigenvalue weighted by Gasteiger charge is -2.30. The quantitative estimate of drug-likeness (QED) is 0.720. The molecule has 8 nitrogen and oxygen atoms in total. The monoisotopic (exact) mass is 422 g/mol. The van der Waals surface area contributed by atoms with E-state index in [1.165, 1.54) is 0 Å². The second-order valence-corrected chi connectivity index (χ2v) is 7.85. The summed E-state index contributed by atoms with van der Waals surface area (Å²) in [5, 5.41) is 2.84. The van der Waals surface area contributed by atoms with Crippen LogP contribution in [0.25, 0.3) is 0 Å². The zero-order chi connectivity index (χ0) is 22.0. The van der Waals surface area contributed by atoms with Crippen LogP contribution >= 0.6 is 0 Å². The first-order chi connectivity index (χ1) is 15.0. The van der Waals surface area contributed by atoms with Gasteiger partial charge in [-0.05, 0) is 30.2 Å². The number of rotatable bonds is 6. The molecule has 162 valence electrons. The van der Waals surface area contributed by atoms with Gasteiger partial charge in [-0.15, -0.1) is 0 Å². The summed E-state index contributed by atoms with van der Waals surface area (Å²) in [6.45, 7) is 6.67. The molecule has 0 saturated carbocycles. The van der Waals surface area contributed by atoms with Crippen molar-refractivity contribution in [2.24, 2.45) is 5.92 Å². The van der Waals surface area contributed by atoms with E-state index in [-0.39, 0.29) is 5.92 Å². The largest absolute Gasteiger partial charge is 0.378 e. The van der Waals surface area contributed by atoms with E-state index in [1.807, 2.05) is 19.9 Å². The van der Waals surface area contributed by atoms with Crippen LogP contribution in [-0.2, 0) is 9.53 Å². The molecule has 1 aromatic carbocycles. The highest BCUT2D eigenvalue weighted by Crippen LogP contribution is 2.29. The fourth-order valence-corrected chi connectivity index (χ4v) is 3.97. The average Bonchev–Trinajstić information content (AvgIpc) is 3.05. The molecule has 4 rings (SSSR count).